The van der Waals surface area contributed by atoms with E-state index in [1.807, 2.05) is 13.8 Å². The van der Waals surface area contributed by atoms with E-state index in [0.717, 1.165) is 0 Å². The second-order valence-corrected chi connectivity index (χ2v) is 6.40. The largest absolute Gasteiger partial charge is 0.271 e. The maximum atomic E-state index is 11.7. The SMILES string of the molecule is CC(CCl)CS(=O)(=O)NC(C)Cn1cccn1. The van der Waals surface area contributed by atoms with Gasteiger partial charge < -0.3 is 0 Å². The topological polar surface area (TPSA) is 64.0 Å². The minimum atomic E-state index is -3.27. The molecule has 0 saturated heterocycles. The van der Waals surface area contributed by atoms with E-state index in [4.69, 9.17) is 11.6 Å². The Kier molecular flexibility index (Phi) is 5.42. The summed E-state index contributed by atoms with van der Waals surface area (Å²) in [4.78, 5) is 0. The van der Waals surface area contributed by atoms with Gasteiger partial charge in [-0.25, -0.2) is 13.1 Å². The van der Waals surface area contributed by atoms with Gasteiger partial charge in [0.15, 0.2) is 0 Å². The molecule has 0 spiro atoms. The summed E-state index contributed by atoms with van der Waals surface area (Å²) >= 11 is 5.60. The fourth-order valence-corrected chi connectivity index (χ4v) is 3.39. The molecule has 0 aliphatic heterocycles. The van der Waals surface area contributed by atoms with Crippen molar-refractivity contribution in [3.8, 4) is 0 Å². The minimum Gasteiger partial charge on any atom is -0.271 e. The van der Waals surface area contributed by atoms with Crippen LogP contribution in [0.3, 0.4) is 0 Å². The van der Waals surface area contributed by atoms with Crippen molar-refractivity contribution in [3.05, 3.63) is 18.5 Å². The van der Waals surface area contributed by atoms with Gasteiger partial charge in [0.05, 0.1) is 12.3 Å². The maximum Gasteiger partial charge on any atom is 0.212 e. The van der Waals surface area contributed by atoms with Crippen LogP contribution < -0.4 is 4.72 Å². The second kappa shape index (κ2) is 6.37. The molecule has 0 amide bonds. The summed E-state index contributed by atoms with van der Waals surface area (Å²) in [5.74, 6) is 0.347. The summed E-state index contributed by atoms with van der Waals surface area (Å²) in [5, 5.41) is 4.02. The zero-order chi connectivity index (χ0) is 12.9. The molecule has 5 nitrogen and oxygen atoms in total. The van der Waals surface area contributed by atoms with Crippen molar-refractivity contribution in [1.29, 1.82) is 0 Å². The van der Waals surface area contributed by atoms with E-state index in [-0.39, 0.29) is 17.7 Å². The Labute approximate surface area is 107 Å². The molecule has 7 heteroatoms. The molecule has 2 atom stereocenters. The van der Waals surface area contributed by atoms with Crippen molar-refractivity contribution in [2.75, 3.05) is 11.6 Å². The number of aromatic nitrogens is 2. The van der Waals surface area contributed by atoms with Gasteiger partial charge in [-0.3, -0.25) is 4.68 Å². The van der Waals surface area contributed by atoms with Gasteiger partial charge in [-0.1, -0.05) is 6.92 Å². The number of nitrogens with one attached hydrogen (secondary N) is 1. The number of nitrogens with zero attached hydrogens (tertiary/aromatic N) is 2. The summed E-state index contributed by atoms with van der Waals surface area (Å²) in [7, 11) is -3.27. The Hall–Kier alpha value is -0.590. The van der Waals surface area contributed by atoms with Gasteiger partial charge in [-0.15, -0.1) is 11.6 Å². The average molecular weight is 280 g/mol. The monoisotopic (exact) mass is 279 g/mol. The predicted octanol–water partition coefficient (Wildman–Crippen LogP) is 1.07. The van der Waals surface area contributed by atoms with Crippen LogP contribution in [0.25, 0.3) is 0 Å². The molecular weight excluding hydrogens is 262 g/mol. The van der Waals surface area contributed by atoms with E-state index in [1.165, 1.54) is 0 Å². The van der Waals surface area contributed by atoms with Crippen LogP contribution in [-0.2, 0) is 16.6 Å². The van der Waals surface area contributed by atoms with Gasteiger partial charge in [0.25, 0.3) is 0 Å². The van der Waals surface area contributed by atoms with Crippen LogP contribution in [0, 0.1) is 5.92 Å². The lowest BCUT2D eigenvalue weighted by Crippen LogP contribution is -2.38. The third kappa shape index (κ3) is 5.52. The zero-order valence-electron chi connectivity index (χ0n) is 10.0. The van der Waals surface area contributed by atoms with Gasteiger partial charge in [0.1, 0.15) is 0 Å². The van der Waals surface area contributed by atoms with Crippen LogP contribution >= 0.6 is 11.6 Å². The second-order valence-electron chi connectivity index (χ2n) is 4.29. The molecule has 0 radical (unpaired) electrons. The van der Waals surface area contributed by atoms with Crippen LogP contribution in [0.4, 0.5) is 0 Å². The highest BCUT2D eigenvalue weighted by molar-refractivity contribution is 7.89. The number of sulfonamides is 1. The molecule has 0 saturated carbocycles. The highest BCUT2D eigenvalue weighted by Gasteiger charge is 2.18. The van der Waals surface area contributed by atoms with Gasteiger partial charge in [0.2, 0.25) is 10.0 Å². The lowest BCUT2D eigenvalue weighted by Gasteiger charge is -2.15. The molecule has 2 unspecified atom stereocenters. The van der Waals surface area contributed by atoms with E-state index < -0.39 is 10.0 Å². The number of halogens is 1. The van der Waals surface area contributed by atoms with Crippen LogP contribution in [-0.4, -0.2) is 35.9 Å². The fourth-order valence-electron chi connectivity index (χ4n) is 1.50. The predicted molar refractivity (Wildman–Crippen MR) is 68.5 cm³/mol. The Morgan fingerprint density at radius 2 is 2.18 bits per heavy atom. The highest BCUT2D eigenvalue weighted by atomic mass is 35.5. The number of hydrogen-bond acceptors (Lipinski definition) is 3. The first-order valence-electron chi connectivity index (χ1n) is 5.46. The molecule has 0 aromatic carbocycles. The van der Waals surface area contributed by atoms with E-state index in [1.54, 1.807) is 23.1 Å². The molecule has 1 rings (SSSR count). The molecule has 0 aliphatic rings. The third-order valence-corrected chi connectivity index (χ3v) is 4.46. The Balaban J connectivity index is 2.47. The smallest absolute Gasteiger partial charge is 0.212 e. The molecule has 1 N–H and O–H groups in total. The summed E-state index contributed by atoms with van der Waals surface area (Å²) in [6.07, 6.45) is 3.46. The van der Waals surface area contributed by atoms with E-state index in [9.17, 15) is 8.42 Å². The summed E-state index contributed by atoms with van der Waals surface area (Å²) in [5.41, 5.74) is 0. The van der Waals surface area contributed by atoms with Crippen molar-refractivity contribution in [1.82, 2.24) is 14.5 Å². The molecular formula is C10H18ClN3O2S. The van der Waals surface area contributed by atoms with Crippen molar-refractivity contribution in [3.63, 3.8) is 0 Å². The Morgan fingerprint density at radius 3 is 2.71 bits per heavy atom. The number of hydrogen-bond donors (Lipinski definition) is 1. The van der Waals surface area contributed by atoms with Crippen molar-refractivity contribution in [2.24, 2.45) is 5.92 Å². The lowest BCUT2D eigenvalue weighted by atomic mass is 10.3. The van der Waals surface area contributed by atoms with Crippen molar-refractivity contribution >= 4 is 21.6 Å². The van der Waals surface area contributed by atoms with Crippen LogP contribution in [0.1, 0.15) is 13.8 Å². The van der Waals surface area contributed by atoms with Gasteiger partial charge in [-0.2, -0.15) is 5.10 Å². The zero-order valence-corrected chi connectivity index (χ0v) is 11.6. The molecule has 1 aromatic heterocycles. The van der Waals surface area contributed by atoms with Crippen molar-refractivity contribution < 1.29 is 8.42 Å². The quantitative estimate of drug-likeness (QED) is 0.759. The summed E-state index contributed by atoms with van der Waals surface area (Å²) in [6.45, 7) is 4.14. The normalized spacial score (nSPS) is 15.7. The highest BCUT2D eigenvalue weighted by Crippen LogP contribution is 2.03. The van der Waals surface area contributed by atoms with Crippen molar-refractivity contribution in [2.45, 2.75) is 26.4 Å². The molecule has 1 heterocycles. The first-order valence-corrected chi connectivity index (χ1v) is 7.65. The van der Waals surface area contributed by atoms with Crippen LogP contribution in [0.2, 0.25) is 0 Å². The Bertz CT molecular complexity index is 419. The van der Waals surface area contributed by atoms with E-state index in [0.29, 0.717) is 12.4 Å². The third-order valence-electron chi connectivity index (χ3n) is 2.17. The molecule has 1 aromatic rings. The van der Waals surface area contributed by atoms with E-state index >= 15 is 0 Å². The fraction of sp³-hybridized carbons (Fsp3) is 0.700. The average Bonchev–Trinajstić information content (AvgIpc) is 2.68. The minimum absolute atomic E-state index is 0.0499. The number of rotatable bonds is 7. The Morgan fingerprint density at radius 1 is 1.47 bits per heavy atom. The summed E-state index contributed by atoms with van der Waals surface area (Å²) in [6, 6.07) is 1.61. The first-order chi connectivity index (χ1) is 7.93. The van der Waals surface area contributed by atoms with E-state index in [2.05, 4.69) is 9.82 Å². The van der Waals surface area contributed by atoms with Gasteiger partial charge >= 0.3 is 0 Å². The molecule has 98 valence electrons. The first kappa shape index (κ1) is 14.5. The number of alkyl halides is 1. The maximum absolute atomic E-state index is 11.7. The molecule has 0 aliphatic carbocycles. The summed E-state index contributed by atoms with van der Waals surface area (Å²) < 4.78 is 27.8. The molecule has 17 heavy (non-hydrogen) atoms. The lowest BCUT2D eigenvalue weighted by molar-refractivity contribution is 0.490. The molecule has 0 bridgehead atoms. The van der Waals surface area contributed by atoms with Crippen LogP contribution in [0.5, 0.6) is 0 Å². The standard InChI is InChI=1S/C10H18ClN3O2S/c1-9(6-11)8-17(15,16)13-10(2)7-14-5-3-4-12-14/h3-5,9-10,13H,6-8H2,1-2H3. The van der Waals surface area contributed by atoms with Gasteiger partial charge in [-0.05, 0) is 18.9 Å². The van der Waals surface area contributed by atoms with Crippen LogP contribution in [0.15, 0.2) is 18.5 Å². The molecule has 0 fully saturated rings. The van der Waals surface area contributed by atoms with Gasteiger partial charge in [0, 0.05) is 24.3 Å².